The molecule has 1 heterocycles. The van der Waals surface area contributed by atoms with E-state index in [0.717, 1.165) is 11.3 Å². The average Bonchev–Trinajstić information content (AvgIpc) is 3.09. The molecule has 0 aliphatic rings. The molecule has 0 saturated heterocycles. The number of anilines is 1. The number of halogens is 1. The molecule has 3 rings (SSSR count). The van der Waals surface area contributed by atoms with Gasteiger partial charge >= 0.3 is 0 Å². The van der Waals surface area contributed by atoms with Gasteiger partial charge in [-0.3, -0.25) is 4.79 Å². The van der Waals surface area contributed by atoms with Crippen molar-refractivity contribution in [2.45, 2.75) is 16.5 Å². The number of carbonyl (C=O) groups excluding carboxylic acids is 1. The van der Waals surface area contributed by atoms with Gasteiger partial charge in [0.25, 0.3) is 0 Å². The standard InChI is InChI=1S/C18H16FN3O2S2/c1-24-14-8-6-12(7-9-14)10-16(23)20-17-21-22-18(26-17)25-11-13-4-2-3-5-15(13)19/h2-9H,10-11H2,1H3,(H,20,21,23). The molecule has 0 unspecified atom stereocenters. The molecular formula is C18H16FN3O2S2. The topological polar surface area (TPSA) is 64.1 Å². The summed E-state index contributed by atoms with van der Waals surface area (Å²) in [6.07, 6.45) is 0.237. The molecule has 8 heteroatoms. The van der Waals surface area contributed by atoms with E-state index in [4.69, 9.17) is 4.74 Å². The predicted octanol–water partition coefficient (Wildman–Crippen LogP) is 4.16. The molecule has 134 valence electrons. The summed E-state index contributed by atoms with van der Waals surface area (Å²) in [7, 11) is 1.60. The minimum Gasteiger partial charge on any atom is -0.497 e. The second-order valence-electron chi connectivity index (χ2n) is 5.33. The van der Waals surface area contributed by atoms with Crippen molar-refractivity contribution in [3.8, 4) is 5.75 Å². The van der Waals surface area contributed by atoms with E-state index in [9.17, 15) is 9.18 Å². The van der Waals surface area contributed by atoms with Gasteiger partial charge in [-0.25, -0.2) is 4.39 Å². The third kappa shape index (κ3) is 5.03. The van der Waals surface area contributed by atoms with E-state index in [1.807, 2.05) is 24.3 Å². The average molecular weight is 389 g/mol. The molecule has 1 N–H and O–H groups in total. The fourth-order valence-corrected chi connectivity index (χ4v) is 3.92. The van der Waals surface area contributed by atoms with Crippen molar-refractivity contribution in [2.75, 3.05) is 12.4 Å². The first-order valence-corrected chi connectivity index (χ1v) is 9.57. The van der Waals surface area contributed by atoms with Crippen molar-refractivity contribution in [1.82, 2.24) is 10.2 Å². The lowest BCUT2D eigenvalue weighted by Gasteiger charge is -2.03. The minimum atomic E-state index is -0.238. The maximum absolute atomic E-state index is 13.6. The molecule has 0 aliphatic heterocycles. The first kappa shape index (κ1) is 18.3. The number of carbonyl (C=O) groups is 1. The number of hydrogen-bond donors (Lipinski definition) is 1. The highest BCUT2D eigenvalue weighted by atomic mass is 32.2. The van der Waals surface area contributed by atoms with Crippen LogP contribution < -0.4 is 10.1 Å². The van der Waals surface area contributed by atoms with E-state index in [1.54, 1.807) is 25.3 Å². The Bertz CT molecular complexity index is 884. The first-order valence-electron chi connectivity index (χ1n) is 7.76. The van der Waals surface area contributed by atoms with Gasteiger partial charge in [0.05, 0.1) is 13.5 Å². The van der Waals surface area contributed by atoms with Crippen molar-refractivity contribution >= 4 is 34.1 Å². The second-order valence-corrected chi connectivity index (χ2v) is 7.53. The molecular weight excluding hydrogens is 373 g/mol. The highest BCUT2D eigenvalue weighted by Crippen LogP contribution is 2.29. The zero-order chi connectivity index (χ0) is 18.4. The predicted molar refractivity (Wildman–Crippen MR) is 101 cm³/mol. The zero-order valence-corrected chi connectivity index (χ0v) is 15.6. The molecule has 2 aromatic carbocycles. The Labute approximate surface area is 158 Å². The van der Waals surface area contributed by atoms with Crippen LogP contribution >= 0.6 is 23.1 Å². The van der Waals surface area contributed by atoms with Crippen LogP contribution in [0.5, 0.6) is 5.75 Å². The first-order chi connectivity index (χ1) is 12.6. The van der Waals surface area contributed by atoms with Gasteiger partial charge in [-0.1, -0.05) is 53.4 Å². The van der Waals surface area contributed by atoms with E-state index in [-0.39, 0.29) is 18.1 Å². The number of nitrogens with one attached hydrogen (secondary N) is 1. The van der Waals surface area contributed by atoms with E-state index < -0.39 is 0 Å². The molecule has 0 fully saturated rings. The summed E-state index contributed by atoms with van der Waals surface area (Å²) >= 11 is 2.65. The summed E-state index contributed by atoms with van der Waals surface area (Å²) in [4.78, 5) is 12.1. The summed E-state index contributed by atoms with van der Waals surface area (Å²) in [6, 6.07) is 13.9. The van der Waals surface area contributed by atoms with Crippen molar-refractivity contribution in [3.05, 3.63) is 65.5 Å². The second kappa shape index (κ2) is 8.77. The van der Waals surface area contributed by atoms with E-state index >= 15 is 0 Å². The quantitative estimate of drug-likeness (QED) is 0.486. The number of amides is 1. The van der Waals surface area contributed by atoms with E-state index in [0.29, 0.717) is 20.8 Å². The Kier molecular flexibility index (Phi) is 6.19. The lowest BCUT2D eigenvalue weighted by molar-refractivity contribution is -0.115. The molecule has 1 aromatic heterocycles. The molecule has 0 aliphatic carbocycles. The van der Waals surface area contributed by atoms with E-state index in [1.165, 1.54) is 29.2 Å². The van der Waals surface area contributed by atoms with Crippen LogP contribution in [0.3, 0.4) is 0 Å². The third-order valence-electron chi connectivity index (χ3n) is 3.49. The third-order valence-corrected chi connectivity index (χ3v) is 5.51. The summed E-state index contributed by atoms with van der Waals surface area (Å²) < 4.78 is 19.4. The van der Waals surface area contributed by atoms with Gasteiger partial charge in [0.2, 0.25) is 11.0 Å². The van der Waals surface area contributed by atoms with Gasteiger partial charge in [0.1, 0.15) is 11.6 Å². The summed E-state index contributed by atoms with van der Waals surface area (Å²) in [5.74, 6) is 0.797. The van der Waals surface area contributed by atoms with Crippen LogP contribution in [0.4, 0.5) is 9.52 Å². The fourth-order valence-electron chi connectivity index (χ4n) is 2.17. The number of benzene rings is 2. The Hall–Kier alpha value is -2.45. The molecule has 0 spiro atoms. The van der Waals surface area contributed by atoms with Gasteiger partial charge in [-0.05, 0) is 29.3 Å². The van der Waals surface area contributed by atoms with Gasteiger partial charge in [0, 0.05) is 5.75 Å². The zero-order valence-electron chi connectivity index (χ0n) is 13.9. The summed E-state index contributed by atoms with van der Waals surface area (Å²) in [6.45, 7) is 0. The normalized spacial score (nSPS) is 10.5. The Morgan fingerprint density at radius 2 is 1.96 bits per heavy atom. The van der Waals surface area contributed by atoms with Crippen LogP contribution in [0.25, 0.3) is 0 Å². The maximum Gasteiger partial charge on any atom is 0.230 e. The molecule has 0 atom stereocenters. The molecule has 5 nitrogen and oxygen atoms in total. The van der Waals surface area contributed by atoms with Crippen molar-refractivity contribution in [2.24, 2.45) is 0 Å². The minimum absolute atomic E-state index is 0.169. The lowest BCUT2D eigenvalue weighted by atomic mass is 10.1. The van der Waals surface area contributed by atoms with E-state index in [2.05, 4.69) is 15.5 Å². The lowest BCUT2D eigenvalue weighted by Crippen LogP contribution is -2.14. The Morgan fingerprint density at radius 3 is 2.69 bits per heavy atom. The van der Waals surface area contributed by atoms with Crippen molar-refractivity contribution < 1.29 is 13.9 Å². The smallest absolute Gasteiger partial charge is 0.230 e. The van der Waals surface area contributed by atoms with Crippen molar-refractivity contribution in [1.29, 1.82) is 0 Å². The summed E-state index contributed by atoms with van der Waals surface area (Å²) in [5.41, 5.74) is 1.49. The highest BCUT2D eigenvalue weighted by Gasteiger charge is 2.10. The molecule has 3 aromatic rings. The van der Waals surface area contributed by atoms with Gasteiger partial charge in [0.15, 0.2) is 4.34 Å². The molecule has 0 bridgehead atoms. The monoisotopic (exact) mass is 389 g/mol. The number of hydrogen-bond acceptors (Lipinski definition) is 6. The number of thioether (sulfide) groups is 1. The van der Waals surface area contributed by atoms with Gasteiger partial charge < -0.3 is 10.1 Å². The van der Waals surface area contributed by atoms with Crippen LogP contribution in [0.15, 0.2) is 52.9 Å². The SMILES string of the molecule is COc1ccc(CC(=O)Nc2nnc(SCc3ccccc3F)s2)cc1. The number of methoxy groups -OCH3 is 1. The summed E-state index contributed by atoms with van der Waals surface area (Å²) in [5, 5.41) is 11.1. The van der Waals surface area contributed by atoms with Crippen LogP contribution in [-0.2, 0) is 17.0 Å². The molecule has 0 radical (unpaired) electrons. The van der Waals surface area contributed by atoms with Crippen LogP contribution in [0, 0.1) is 5.82 Å². The molecule has 26 heavy (non-hydrogen) atoms. The molecule has 1 amide bonds. The van der Waals surface area contributed by atoms with Crippen LogP contribution in [0.2, 0.25) is 0 Å². The maximum atomic E-state index is 13.6. The van der Waals surface area contributed by atoms with Gasteiger partial charge in [-0.15, -0.1) is 10.2 Å². The van der Waals surface area contributed by atoms with Crippen LogP contribution in [-0.4, -0.2) is 23.2 Å². The molecule has 0 saturated carbocycles. The number of ether oxygens (including phenoxy) is 1. The number of aromatic nitrogens is 2. The largest absolute Gasteiger partial charge is 0.497 e. The number of nitrogens with zero attached hydrogens (tertiary/aromatic N) is 2. The Balaban J connectivity index is 1.52. The number of rotatable bonds is 7. The van der Waals surface area contributed by atoms with Gasteiger partial charge in [-0.2, -0.15) is 0 Å². The fraction of sp³-hybridized carbons (Fsp3) is 0.167. The highest BCUT2D eigenvalue weighted by molar-refractivity contribution is 8.00. The Morgan fingerprint density at radius 1 is 1.19 bits per heavy atom. The van der Waals surface area contributed by atoms with Crippen LogP contribution in [0.1, 0.15) is 11.1 Å². The van der Waals surface area contributed by atoms with Crippen molar-refractivity contribution in [3.63, 3.8) is 0 Å².